The van der Waals surface area contributed by atoms with Gasteiger partial charge in [0.15, 0.2) is 0 Å². The van der Waals surface area contributed by atoms with Crippen LogP contribution in [0.2, 0.25) is 0 Å². The zero-order valence-corrected chi connectivity index (χ0v) is 12.1. The Kier molecular flexibility index (Phi) is 4.20. The van der Waals surface area contributed by atoms with E-state index in [0.29, 0.717) is 13.2 Å². The fourth-order valence-electron chi connectivity index (χ4n) is 2.41. The molecule has 1 aromatic rings. The molecule has 0 aliphatic carbocycles. The average Bonchev–Trinajstić information content (AvgIpc) is 2.38. The third kappa shape index (κ3) is 2.95. The molecule has 0 radical (unpaired) electrons. The number of nitrogen functional groups attached to an aromatic ring is 1. The first-order valence-corrected chi connectivity index (χ1v) is 6.93. The molecule has 2 rings (SSSR count). The number of ether oxygens (including phenoxy) is 2. The number of nitrogens with zero attached hydrogens (tertiary/aromatic N) is 1. The molecular formula is C15H24N2O2. The van der Waals surface area contributed by atoms with Gasteiger partial charge >= 0.3 is 0 Å². The van der Waals surface area contributed by atoms with Crippen molar-refractivity contribution in [1.82, 2.24) is 0 Å². The van der Waals surface area contributed by atoms with Crippen molar-refractivity contribution >= 4 is 11.4 Å². The van der Waals surface area contributed by atoms with Crippen LogP contribution in [0, 0.1) is 0 Å². The summed E-state index contributed by atoms with van der Waals surface area (Å²) >= 11 is 0. The first-order chi connectivity index (χ1) is 9.06. The standard InChI is InChI=1S/C15H24N2O2/c1-4-9-19-13-7-5-6-12(14(13)16)17-8-10-18-11-15(17,2)3/h5-7H,4,8-11,16H2,1-3H3. The maximum atomic E-state index is 6.27. The second kappa shape index (κ2) is 5.70. The molecule has 0 atom stereocenters. The lowest BCUT2D eigenvalue weighted by Gasteiger charge is -2.44. The van der Waals surface area contributed by atoms with Crippen LogP contribution in [0.3, 0.4) is 0 Å². The van der Waals surface area contributed by atoms with Crippen molar-refractivity contribution in [2.45, 2.75) is 32.7 Å². The molecule has 1 saturated heterocycles. The van der Waals surface area contributed by atoms with Crippen molar-refractivity contribution in [2.24, 2.45) is 0 Å². The molecule has 0 saturated carbocycles. The van der Waals surface area contributed by atoms with Crippen LogP contribution in [0.5, 0.6) is 5.75 Å². The fraction of sp³-hybridized carbons (Fsp3) is 0.600. The zero-order chi connectivity index (χ0) is 13.9. The van der Waals surface area contributed by atoms with E-state index in [1.165, 1.54) is 0 Å². The van der Waals surface area contributed by atoms with Gasteiger partial charge in [0.2, 0.25) is 0 Å². The smallest absolute Gasteiger partial charge is 0.144 e. The summed E-state index contributed by atoms with van der Waals surface area (Å²) in [5.74, 6) is 0.779. The van der Waals surface area contributed by atoms with Gasteiger partial charge in [-0.05, 0) is 32.4 Å². The number of para-hydroxylation sites is 1. The van der Waals surface area contributed by atoms with Crippen molar-refractivity contribution in [3.63, 3.8) is 0 Å². The third-order valence-corrected chi connectivity index (χ3v) is 3.44. The normalized spacial score (nSPS) is 18.4. The highest BCUT2D eigenvalue weighted by Gasteiger charge is 2.32. The number of hydrogen-bond donors (Lipinski definition) is 1. The molecule has 1 aromatic carbocycles. The highest BCUT2D eigenvalue weighted by Crippen LogP contribution is 2.36. The topological polar surface area (TPSA) is 47.7 Å². The Balaban J connectivity index is 2.28. The minimum atomic E-state index is -0.0459. The molecule has 1 aliphatic heterocycles. The minimum Gasteiger partial charge on any atom is -0.491 e. The van der Waals surface area contributed by atoms with Crippen molar-refractivity contribution in [3.05, 3.63) is 18.2 Å². The maximum absolute atomic E-state index is 6.27. The van der Waals surface area contributed by atoms with Gasteiger partial charge in [-0.25, -0.2) is 0 Å². The molecular weight excluding hydrogens is 240 g/mol. The Hall–Kier alpha value is -1.42. The van der Waals surface area contributed by atoms with E-state index in [-0.39, 0.29) is 5.54 Å². The summed E-state index contributed by atoms with van der Waals surface area (Å²) in [5.41, 5.74) is 7.99. The van der Waals surface area contributed by atoms with Gasteiger partial charge in [0.1, 0.15) is 5.75 Å². The molecule has 0 bridgehead atoms. The average molecular weight is 264 g/mol. The number of anilines is 2. The Bertz CT molecular complexity index is 432. The fourth-order valence-corrected chi connectivity index (χ4v) is 2.41. The summed E-state index contributed by atoms with van der Waals surface area (Å²) < 4.78 is 11.3. The van der Waals surface area contributed by atoms with Crippen molar-refractivity contribution < 1.29 is 9.47 Å². The zero-order valence-electron chi connectivity index (χ0n) is 12.1. The Morgan fingerprint density at radius 2 is 2.21 bits per heavy atom. The van der Waals surface area contributed by atoms with Gasteiger partial charge in [0, 0.05) is 6.54 Å². The molecule has 19 heavy (non-hydrogen) atoms. The van der Waals surface area contributed by atoms with E-state index in [0.717, 1.165) is 36.7 Å². The van der Waals surface area contributed by atoms with Crippen molar-refractivity contribution in [2.75, 3.05) is 37.0 Å². The minimum absolute atomic E-state index is 0.0459. The number of nitrogens with two attached hydrogens (primary N) is 1. The van der Waals surface area contributed by atoms with E-state index >= 15 is 0 Å². The summed E-state index contributed by atoms with van der Waals surface area (Å²) in [6, 6.07) is 5.99. The van der Waals surface area contributed by atoms with Gasteiger partial charge in [-0.15, -0.1) is 0 Å². The molecule has 0 aromatic heterocycles. The first kappa shape index (κ1) is 14.0. The molecule has 4 nitrogen and oxygen atoms in total. The molecule has 1 fully saturated rings. The maximum Gasteiger partial charge on any atom is 0.144 e. The van der Waals surface area contributed by atoms with Crippen LogP contribution >= 0.6 is 0 Å². The summed E-state index contributed by atoms with van der Waals surface area (Å²) in [6.07, 6.45) is 0.979. The van der Waals surface area contributed by atoms with Gasteiger partial charge < -0.3 is 20.1 Å². The van der Waals surface area contributed by atoms with Crippen LogP contribution in [0.25, 0.3) is 0 Å². The molecule has 2 N–H and O–H groups in total. The van der Waals surface area contributed by atoms with Crippen LogP contribution in [0.1, 0.15) is 27.2 Å². The van der Waals surface area contributed by atoms with E-state index in [4.69, 9.17) is 15.2 Å². The van der Waals surface area contributed by atoms with Crippen molar-refractivity contribution in [3.8, 4) is 5.75 Å². The number of morpholine rings is 1. The molecule has 0 amide bonds. The summed E-state index contributed by atoms with van der Waals surface area (Å²) in [6.45, 7) is 9.44. The van der Waals surface area contributed by atoms with Crippen LogP contribution < -0.4 is 15.4 Å². The molecule has 0 unspecified atom stereocenters. The highest BCUT2D eigenvalue weighted by atomic mass is 16.5. The van der Waals surface area contributed by atoms with Gasteiger partial charge in [0.05, 0.1) is 36.7 Å². The third-order valence-electron chi connectivity index (χ3n) is 3.44. The Labute approximate surface area is 115 Å². The number of benzene rings is 1. The van der Waals surface area contributed by atoms with Crippen LogP contribution in [0.15, 0.2) is 18.2 Å². The number of hydrogen-bond acceptors (Lipinski definition) is 4. The summed E-state index contributed by atoms with van der Waals surface area (Å²) in [7, 11) is 0. The van der Waals surface area contributed by atoms with E-state index in [1.807, 2.05) is 12.1 Å². The van der Waals surface area contributed by atoms with Gasteiger partial charge in [-0.3, -0.25) is 0 Å². The lowest BCUT2D eigenvalue weighted by atomic mass is 10.0. The van der Waals surface area contributed by atoms with E-state index in [9.17, 15) is 0 Å². The second-order valence-corrected chi connectivity index (χ2v) is 5.55. The van der Waals surface area contributed by atoms with Crippen LogP contribution in [0.4, 0.5) is 11.4 Å². The van der Waals surface area contributed by atoms with Crippen LogP contribution in [-0.2, 0) is 4.74 Å². The monoisotopic (exact) mass is 264 g/mol. The molecule has 106 valence electrons. The molecule has 1 aliphatic rings. The van der Waals surface area contributed by atoms with E-state index in [2.05, 4.69) is 31.7 Å². The summed E-state index contributed by atoms with van der Waals surface area (Å²) in [4.78, 5) is 2.31. The molecule has 4 heteroatoms. The first-order valence-electron chi connectivity index (χ1n) is 6.93. The SMILES string of the molecule is CCCOc1cccc(N2CCOCC2(C)C)c1N. The predicted molar refractivity (Wildman–Crippen MR) is 78.9 cm³/mol. The predicted octanol–water partition coefficient (Wildman–Crippen LogP) is 2.67. The molecule has 1 heterocycles. The van der Waals surface area contributed by atoms with E-state index < -0.39 is 0 Å². The van der Waals surface area contributed by atoms with Gasteiger partial charge in [-0.1, -0.05) is 13.0 Å². The van der Waals surface area contributed by atoms with Crippen molar-refractivity contribution in [1.29, 1.82) is 0 Å². The Morgan fingerprint density at radius 1 is 1.42 bits per heavy atom. The molecule has 0 spiro atoms. The summed E-state index contributed by atoms with van der Waals surface area (Å²) in [5, 5.41) is 0. The van der Waals surface area contributed by atoms with E-state index in [1.54, 1.807) is 0 Å². The Morgan fingerprint density at radius 3 is 2.89 bits per heavy atom. The largest absolute Gasteiger partial charge is 0.491 e. The van der Waals surface area contributed by atoms with Gasteiger partial charge in [-0.2, -0.15) is 0 Å². The van der Waals surface area contributed by atoms with Crippen LogP contribution in [-0.4, -0.2) is 31.9 Å². The number of rotatable bonds is 4. The highest BCUT2D eigenvalue weighted by molar-refractivity contribution is 5.75. The van der Waals surface area contributed by atoms with Gasteiger partial charge in [0.25, 0.3) is 0 Å². The lowest BCUT2D eigenvalue weighted by Crippen LogP contribution is -2.53. The quantitative estimate of drug-likeness (QED) is 0.849. The second-order valence-electron chi connectivity index (χ2n) is 5.55. The lowest BCUT2D eigenvalue weighted by molar-refractivity contribution is 0.0644.